The highest BCUT2D eigenvalue weighted by molar-refractivity contribution is 5.72. The molecule has 3 nitrogen and oxygen atoms in total. The highest BCUT2D eigenvalue weighted by Crippen LogP contribution is 2.25. The second kappa shape index (κ2) is 17.4. The number of rotatable bonds is 13. The van der Waals surface area contributed by atoms with Crippen molar-refractivity contribution in [2.45, 2.75) is 85.6 Å². The summed E-state index contributed by atoms with van der Waals surface area (Å²) in [5.74, 6) is 0.825. The van der Waals surface area contributed by atoms with Crippen LogP contribution in [0.25, 0.3) is 0 Å². The summed E-state index contributed by atoms with van der Waals surface area (Å²) in [6, 6.07) is 19.6. The van der Waals surface area contributed by atoms with Crippen LogP contribution in [0, 0.1) is 0 Å². The van der Waals surface area contributed by atoms with E-state index in [9.17, 15) is 4.79 Å². The molecule has 1 N–H and O–H groups in total. The van der Waals surface area contributed by atoms with Crippen LogP contribution in [0.1, 0.15) is 89.3 Å². The predicted molar refractivity (Wildman–Crippen MR) is 139 cm³/mol. The molecule has 0 heterocycles. The number of carbonyl (C=O) groups excluding carboxylic acids is 1. The molecule has 0 aliphatic rings. The van der Waals surface area contributed by atoms with Crippen LogP contribution in [0.2, 0.25) is 0 Å². The van der Waals surface area contributed by atoms with E-state index >= 15 is 0 Å². The van der Waals surface area contributed by atoms with Gasteiger partial charge in [0.15, 0.2) is 0 Å². The van der Waals surface area contributed by atoms with Gasteiger partial charge in [0, 0.05) is 20.0 Å². The van der Waals surface area contributed by atoms with Gasteiger partial charge in [-0.3, -0.25) is 9.69 Å². The van der Waals surface area contributed by atoms with Crippen molar-refractivity contribution in [3.63, 3.8) is 0 Å². The average Bonchev–Trinajstić information content (AvgIpc) is 2.80. The first-order chi connectivity index (χ1) is 15.5. The molecule has 0 atom stereocenters. The van der Waals surface area contributed by atoms with Gasteiger partial charge in [0.2, 0.25) is 5.91 Å². The third kappa shape index (κ3) is 12.0. The van der Waals surface area contributed by atoms with Crippen LogP contribution in [0.4, 0.5) is 0 Å². The van der Waals surface area contributed by atoms with Crippen molar-refractivity contribution in [1.82, 2.24) is 10.2 Å². The van der Waals surface area contributed by atoms with Crippen LogP contribution in [0.3, 0.4) is 0 Å². The fourth-order valence-corrected chi connectivity index (χ4v) is 4.02. The molecule has 178 valence electrons. The van der Waals surface area contributed by atoms with E-state index in [2.05, 4.69) is 92.5 Å². The van der Waals surface area contributed by atoms with Crippen LogP contribution in [0.15, 0.2) is 54.6 Å². The predicted octanol–water partition coefficient (Wildman–Crippen LogP) is 6.97. The number of carbonyl (C=O) groups is 1. The van der Waals surface area contributed by atoms with E-state index in [4.69, 9.17) is 0 Å². The molecule has 2 aromatic carbocycles. The minimum atomic E-state index is 0.0368. The summed E-state index contributed by atoms with van der Waals surface area (Å²) in [6.07, 6.45) is 7.34. The SMILES string of the molecule is CCCC(CCC)c1ccccc1.CCCN(CC)Cc1ccc(CCNC(C)=O)cc1. The van der Waals surface area contributed by atoms with Crippen molar-refractivity contribution in [3.05, 3.63) is 71.3 Å². The summed E-state index contributed by atoms with van der Waals surface area (Å²) < 4.78 is 0. The summed E-state index contributed by atoms with van der Waals surface area (Å²) in [7, 11) is 0. The number of hydrogen-bond donors (Lipinski definition) is 1. The minimum absolute atomic E-state index is 0.0368. The molecular formula is C29H46N2O. The first kappa shape index (κ1) is 27.9. The van der Waals surface area contributed by atoms with E-state index < -0.39 is 0 Å². The molecule has 1 amide bonds. The fourth-order valence-electron chi connectivity index (χ4n) is 4.02. The summed E-state index contributed by atoms with van der Waals surface area (Å²) in [5.41, 5.74) is 4.15. The topological polar surface area (TPSA) is 32.3 Å². The summed E-state index contributed by atoms with van der Waals surface area (Å²) in [6.45, 7) is 14.5. The zero-order chi connectivity index (χ0) is 23.6. The van der Waals surface area contributed by atoms with E-state index in [0.29, 0.717) is 6.54 Å². The molecule has 0 aliphatic carbocycles. The molecule has 0 bridgehead atoms. The van der Waals surface area contributed by atoms with Crippen molar-refractivity contribution in [3.8, 4) is 0 Å². The van der Waals surface area contributed by atoms with Crippen LogP contribution < -0.4 is 5.32 Å². The third-order valence-corrected chi connectivity index (χ3v) is 5.75. The number of amides is 1. The van der Waals surface area contributed by atoms with Gasteiger partial charge >= 0.3 is 0 Å². The zero-order valence-electron chi connectivity index (χ0n) is 21.2. The van der Waals surface area contributed by atoms with E-state index in [1.807, 2.05) is 0 Å². The van der Waals surface area contributed by atoms with Crippen LogP contribution in [-0.4, -0.2) is 30.4 Å². The van der Waals surface area contributed by atoms with Gasteiger partial charge in [-0.2, -0.15) is 0 Å². The zero-order valence-corrected chi connectivity index (χ0v) is 21.2. The van der Waals surface area contributed by atoms with Gasteiger partial charge in [-0.15, -0.1) is 0 Å². The summed E-state index contributed by atoms with van der Waals surface area (Å²) >= 11 is 0. The first-order valence-electron chi connectivity index (χ1n) is 12.6. The van der Waals surface area contributed by atoms with Crippen molar-refractivity contribution in [2.24, 2.45) is 0 Å². The largest absolute Gasteiger partial charge is 0.356 e. The van der Waals surface area contributed by atoms with Gasteiger partial charge in [-0.1, -0.05) is 95.1 Å². The highest BCUT2D eigenvalue weighted by Gasteiger charge is 2.08. The van der Waals surface area contributed by atoms with Crippen LogP contribution in [-0.2, 0) is 17.8 Å². The summed E-state index contributed by atoms with van der Waals surface area (Å²) in [4.78, 5) is 13.2. The number of nitrogens with one attached hydrogen (secondary N) is 1. The molecule has 0 spiro atoms. The van der Waals surface area contributed by atoms with Crippen molar-refractivity contribution in [1.29, 1.82) is 0 Å². The molecule has 2 rings (SSSR count). The van der Waals surface area contributed by atoms with Crippen LogP contribution >= 0.6 is 0 Å². The third-order valence-electron chi connectivity index (χ3n) is 5.75. The lowest BCUT2D eigenvalue weighted by atomic mass is 9.91. The average molecular weight is 439 g/mol. The Balaban J connectivity index is 0.000000343. The molecule has 0 saturated carbocycles. The van der Waals surface area contributed by atoms with E-state index in [1.54, 1.807) is 6.92 Å². The molecule has 0 saturated heterocycles. The van der Waals surface area contributed by atoms with E-state index in [-0.39, 0.29) is 5.91 Å². The molecule has 0 aromatic heterocycles. The molecule has 0 aliphatic heterocycles. The number of hydrogen-bond acceptors (Lipinski definition) is 2. The highest BCUT2D eigenvalue weighted by atomic mass is 16.1. The van der Waals surface area contributed by atoms with E-state index in [0.717, 1.165) is 32.0 Å². The Hall–Kier alpha value is -2.13. The lowest BCUT2D eigenvalue weighted by molar-refractivity contribution is -0.118. The maximum Gasteiger partial charge on any atom is 0.216 e. The Kier molecular flexibility index (Phi) is 15.2. The Morgan fingerprint density at radius 1 is 0.844 bits per heavy atom. The lowest BCUT2D eigenvalue weighted by Gasteiger charge is -2.19. The first-order valence-corrected chi connectivity index (χ1v) is 12.6. The fraction of sp³-hybridized carbons (Fsp3) is 0.552. The second-order valence-corrected chi connectivity index (χ2v) is 8.60. The monoisotopic (exact) mass is 438 g/mol. The van der Waals surface area contributed by atoms with Crippen LogP contribution in [0.5, 0.6) is 0 Å². The molecule has 0 fully saturated rings. The smallest absolute Gasteiger partial charge is 0.216 e. The van der Waals surface area contributed by atoms with Gasteiger partial charge in [0.25, 0.3) is 0 Å². The maximum absolute atomic E-state index is 10.8. The molecule has 2 aromatic rings. The normalized spacial score (nSPS) is 10.7. The van der Waals surface area contributed by atoms with Gasteiger partial charge in [0.05, 0.1) is 0 Å². The quantitative estimate of drug-likeness (QED) is 0.366. The van der Waals surface area contributed by atoms with Gasteiger partial charge in [-0.25, -0.2) is 0 Å². The van der Waals surface area contributed by atoms with Gasteiger partial charge < -0.3 is 5.32 Å². The molecule has 32 heavy (non-hydrogen) atoms. The summed E-state index contributed by atoms with van der Waals surface area (Å²) in [5, 5.41) is 2.82. The minimum Gasteiger partial charge on any atom is -0.356 e. The second-order valence-electron chi connectivity index (χ2n) is 8.60. The Morgan fingerprint density at radius 3 is 1.94 bits per heavy atom. The number of nitrogens with zero attached hydrogens (tertiary/aromatic N) is 1. The Morgan fingerprint density at radius 2 is 1.44 bits per heavy atom. The van der Waals surface area contributed by atoms with Crippen molar-refractivity contribution >= 4 is 5.91 Å². The Labute approximate surface area is 197 Å². The number of benzene rings is 2. The molecule has 0 unspecified atom stereocenters. The Bertz CT molecular complexity index is 706. The van der Waals surface area contributed by atoms with Crippen molar-refractivity contribution < 1.29 is 4.79 Å². The molecular weight excluding hydrogens is 392 g/mol. The maximum atomic E-state index is 10.8. The van der Waals surface area contributed by atoms with Crippen molar-refractivity contribution in [2.75, 3.05) is 19.6 Å². The standard InChI is InChI=1S/C16H26N2O.C13H20/c1-4-12-18(5-2)13-16-8-6-15(7-9-16)10-11-17-14(3)19;1-3-8-12(9-4-2)13-10-6-5-7-11-13/h6-9H,4-5,10-13H2,1-3H3,(H,17,19);5-7,10-12H,3-4,8-9H2,1-2H3. The van der Waals surface area contributed by atoms with Gasteiger partial charge in [-0.05, 0) is 61.4 Å². The van der Waals surface area contributed by atoms with Gasteiger partial charge in [0.1, 0.15) is 0 Å². The van der Waals surface area contributed by atoms with E-state index in [1.165, 1.54) is 48.8 Å². The molecule has 3 heteroatoms. The molecule has 0 radical (unpaired) electrons. The lowest BCUT2D eigenvalue weighted by Crippen LogP contribution is -2.23.